The van der Waals surface area contributed by atoms with Gasteiger partial charge in [-0.3, -0.25) is 9.59 Å². The first kappa shape index (κ1) is 22.8. The van der Waals surface area contributed by atoms with Crippen molar-refractivity contribution in [3.63, 3.8) is 0 Å². The highest BCUT2D eigenvalue weighted by atomic mass is 16.5. The van der Waals surface area contributed by atoms with Gasteiger partial charge in [-0.15, -0.1) is 0 Å². The Morgan fingerprint density at radius 3 is 2.80 bits per heavy atom. The van der Waals surface area contributed by atoms with E-state index in [1.807, 2.05) is 44.2 Å². The van der Waals surface area contributed by atoms with Crippen LogP contribution >= 0.6 is 0 Å². The van der Waals surface area contributed by atoms with Gasteiger partial charge in [0.1, 0.15) is 23.9 Å². The summed E-state index contributed by atoms with van der Waals surface area (Å²) >= 11 is 0. The monoisotopic (exact) mass is 410 g/mol. The first-order valence-corrected chi connectivity index (χ1v) is 9.61. The molecule has 2 aromatic rings. The smallest absolute Gasteiger partial charge is 0.269 e. The Bertz CT molecular complexity index is 1020. The van der Waals surface area contributed by atoms with Gasteiger partial charge in [0.25, 0.3) is 11.5 Å². The minimum Gasteiger partial charge on any atom is -0.490 e. The number of pyridine rings is 1. The van der Waals surface area contributed by atoms with Crippen molar-refractivity contribution in [1.29, 1.82) is 5.26 Å². The Balaban J connectivity index is 2.13. The van der Waals surface area contributed by atoms with Crippen LogP contribution < -0.4 is 15.7 Å². The molecule has 0 fully saturated rings. The molecular weight excluding hydrogens is 384 g/mol. The zero-order valence-electron chi connectivity index (χ0n) is 17.6. The molecule has 0 spiro atoms. The van der Waals surface area contributed by atoms with Crippen LogP contribution in [-0.4, -0.2) is 29.9 Å². The molecule has 0 bridgehead atoms. The van der Waals surface area contributed by atoms with Gasteiger partial charge in [0.2, 0.25) is 0 Å². The van der Waals surface area contributed by atoms with Crippen molar-refractivity contribution in [1.82, 2.24) is 9.99 Å². The number of aromatic nitrogens is 1. The van der Waals surface area contributed by atoms with Crippen LogP contribution in [0.4, 0.5) is 0 Å². The second-order valence-electron chi connectivity index (χ2n) is 6.79. The predicted octanol–water partition coefficient (Wildman–Crippen LogP) is 2.50. The molecule has 1 aromatic carbocycles. The lowest BCUT2D eigenvalue weighted by atomic mass is 10.1. The minimum absolute atomic E-state index is 0.0325. The van der Waals surface area contributed by atoms with Crippen molar-refractivity contribution >= 4 is 12.1 Å². The summed E-state index contributed by atoms with van der Waals surface area (Å²) < 4.78 is 12.1. The molecule has 1 atom stereocenters. The van der Waals surface area contributed by atoms with Gasteiger partial charge in [-0.25, -0.2) is 5.43 Å². The quantitative estimate of drug-likeness (QED) is 0.505. The summed E-state index contributed by atoms with van der Waals surface area (Å²) in [6.07, 6.45) is 2.41. The molecule has 2 rings (SSSR count). The van der Waals surface area contributed by atoms with E-state index in [1.54, 1.807) is 13.0 Å². The van der Waals surface area contributed by atoms with Gasteiger partial charge >= 0.3 is 0 Å². The first-order valence-electron chi connectivity index (χ1n) is 9.61. The molecule has 0 aliphatic carbocycles. The number of ether oxygens (including phenoxy) is 2. The first-order chi connectivity index (χ1) is 14.4. The maximum absolute atomic E-state index is 12.6. The summed E-state index contributed by atoms with van der Waals surface area (Å²) in [5.74, 6) is 0.185. The summed E-state index contributed by atoms with van der Waals surface area (Å²) in [5.41, 5.74) is 3.62. The minimum atomic E-state index is -0.532. The molecular formula is C22H26N4O4. The van der Waals surface area contributed by atoms with Crippen LogP contribution in [0.1, 0.15) is 42.7 Å². The molecule has 0 aliphatic rings. The maximum Gasteiger partial charge on any atom is 0.269 e. The molecule has 0 radical (unpaired) electrons. The van der Waals surface area contributed by atoms with Crippen LogP contribution in [0.15, 0.2) is 40.2 Å². The van der Waals surface area contributed by atoms with E-state index in [-0.39, 0.29) is 24.8 Å². The number of nitrogens with one attached hydrogen (secondary N) is 1. The van der Waals surface area contributed by atoms with Crippen LogP contribution in [0.5, 0.6) is 5.75 Å². The molecule has 0 saturated heterocycles. The number of aryl methyl sites for hydroxylation is 1. The maximum atomic E-state index is 12.6. The number of nitriles is 1. The van der Waals surface area contributed by atoms with Crippen LogP contribution in [0.2, 0.25) is 0 Å². The number of para-hydroxylation sites is 1. The number of carbonyl (C=O) groups is 1. The molecule has 1 N–H and O–H groups in total. The Hall–Kier alpha value is -3.44. The summed E-state index contributed by atoms with van der Waals surface area (Å²) in [4.78, 5) is 24.9. The Morgan fingerprint density at radius 1 is 1.40 bits per heavy atom. The SMILES string of the molecule is CC[C@H](C)Oc1ccccc1/C=N\NC(=O)Cn1c(C)cc(COC)c(C#N)c1=O. The standard InChI is InChI=1S/C22H26N4O4/c1-5-16(3)30-20-9-7-6-8-17(20)12-24-25-21(27)13-26-15(2)10-18(14-29-4)19(11-23)22(26)28/h6-10,12,16H,5,13-14H2,1-4H3,(H,25,27)/b24-12-/t16-/m0/s1. The Labute approximate surface area is 175 Å². The molecule has 0 unspecified atom stereocenters. The third kappa shape index (κ3) is 5.78. The van der Waals surface area contributed by atoms with E-state index in [1.165, 1.54) is 17.9 Å². The van der Waals surface area contributed by atoms with Gasteiger partial charge in [-0.1, -0.05) is 19.1 Å². The zero-order valence-corrected chi connectivity index (χ0v) is 17.6. The van der Waals surface area contributed by atoms with Crippen LogP contribution in [0, 0.1) is 18.3 Å². The van der Waals surface area contributed by atoms with Gasteiger partial charge in [-0.05, 0) is 38.5 Å². The average Bonchev–Trinajstić information content (AvgIpc) is 2.72. The highest BCUT2D eigenvalue weighted by Crippen LogP contribution is 2.18. The second-order valence-corrected chi connectivity index (χ2v) is 6.79. The van der Waals surface area contributed by atoms with E-state index >= 15 is 0 Å². The Kier molecular flexibility index (Phi) is 8.32. The van der Waals surface area contributed by atoms with Crippen LogP contribution in [0.3, 0.4) is 0 Å². The van der Waals surface area contributed by atoms with E-state index in [4.69, 9.17) is 9.47 Å². The lowest BCUT2D eigenvalue weighted by Gasteiger charge is -2.14. The van der Waals surface area contributed by atoms with E-state index in [0.29, 0.717) is 17.0 Å². The van der Waals surface area contributed by atoms with Crippen molar-refractivity contribution in [2.45, 2.75) is 46.4 Å². The van der Waals surface area contributed by atoms with E-state index < -0.39 is 11.5 Å². The van der Waals surface area contributed by atoms with Gasteiger partial charge in [0.05, 0.1) is 18.9 Å². The molecule has 1 heterocycles. The fourth-order valence-electron chi connectivity index (χ4n) is 2.77. The number of nitrogens with zero attached hydrogens (tertiary/aromatic N) is 3. The Morgan fingerprint density at radius 2 is 2.13 bits per heavy atom. The third-order valence-corrected chi connectivity index (χ3v) is 4.52. The van der Waals surface area contributed by atoms with Crippen molar-refractivity contribution in [3.05, 3.63) is 63.1 Å². The number of hydrazone groups is 1. The number of benzene rings is 1. The zero-order chi connectivity index (χ0) is 22.1. The number of hydrogen-bond acceptors (Lipinski definition) is 6. The summed E-state index contributed by atoms with van der Waals surface area (Å²) in [6.45, 7) is 5.60. The molecule has 0 aliphatic heterocycles. The summed E-state index contributed by atoms with van der Waals surface area (Å²) in [5, 5.41) is 13.3. The molecule has 8 heteroatoms. The largest absolute Gasteiger partial charge is 0.490 e. The van der Waals surface area contributed by atoms with Crippen molar-refractivity contribution in [2.75, 3.05) is 7.11 Å². The topological polar surface area (TPSA) is 106 Å². The normalized spacial score (nSPS) is 11.8. The predicted molar refractivity (Wildman–Crippen MR) is 113 cm³/mol. The highest BCUT2D eigenvalue weighted by Gasteiger charge is 2.15. The third-order valence-electron chi connectivity index (χ3n) is 4.52. The van der Waals surface area contributed by atoms with Crippen molar-refractivity contribution in [2.24, 2.45) is 5.10 Å². The van der Waals surface area contributed by atoms with Crippen molar-refractivity contribution in [3.8, 4) is 11.8 Å². The number of amides is 1. The molecule has 1 aromatic heterocycles. The lowest BCUT2D eigenvalue weighted by molar-refractivity contribution is -0.121. The molecule has 0 saturated carbocycles. The van der Waals surface area contributed by atoms with Gasteiger partial charge in [-0.2, -0.15) is 10.4 Å². The highest BCUT2D eigenvalue weighted by molar-refractivity contribution is 5.85. The fraction of sp³-hybridized carbons (Fsp3) is 0.364. The van der Waals surface area contributed by atoms with Crippen molar-refractivity contribution < 1.29 is 14.3 Å². The molecule has 158 valence electrons. The molecule has 30 heavy (non-hydrogen) atoms. The number of rotatable bonds is 9. The number of carbonyl (C=O) groups excluding carboxylic acids is 1. The van der Waals surface area contributed by atoms with E-state index in [9.17, 15) is 14.9 Å². The molecule has 1 amide bonds. The summed E-state index contributed by atoms with van der Waals surface area (Å²) in [6, 6.07) is 10.9. The average molecular weight is 410 g/mol. The fourth-order valence-corrected chi connectivity index (χ4v) is 2.77. The molecule has 8 nitrogen and oxygen atoms in total. The second kappa shape index (κ2) is 10.9. The number of hydrogen-bond donors (Lipinski definition) is 1. The van der Waals surface area contributed by atoms with Gasteiger partial charge in [0, 0.05) is 23.9 Å². The summed E-state index contributed by atoms with van der Waals surface area (Å²) in [7, 11) is 1.49. The van der Waals surface area contributed by atoms with Gasteiger partial charge in [0.15, 0.2) is 0 Å². The van der Waals surface area contributed by atoms with Crippen LogP contribution in [0.25, 0.3) is 0 Å². The van der Waals surface area contributed by atoms with Crippen LogP contribution in [-0.2, 0) is 22.7 Å². The van der Waals surface area contributed by atoms with E-state index in [2.05, 4.69) is 10.5 Å². The van der Waals surface area contributed by atoms with Gasteiger partial charge < -0.3 is 14.0 Å². The number of methoxy groups -OCH3 is 1. The lowest BCUT2D eigenvalue weighted by Crippen LogP contribution is -2.33. The van der Waals surface area contributed by atoms with E-state index in [0.717, 1.165) is 12.0 Å².